The summed E-state index contributed by atoms with van der Waals surface area (Å²) in [6, 6.07) is 2.44. The number of hydrogen-bond donors (Lipinski definition) is 2. The number of rotatable bonds is 10. The lowest BCUT2D eigenvalue weighted by Crippen LogP contribution is -2.36. The van der Waals surface area contributed by atoms with Crippen molar-refractivity contribution < 1.29 is 28.6 Å². The van der Waals surface area contributed by atoms with Gasteiger partial charge in [0, 0.05) is 30.7 Å². The van der Waals surface area contributed by atoms with E-state index in [0.29, 0.717) is 25.7 Å². The zero-order valence-electron chi connectivity index (χ0n) is 16.9. The molecule has 1 amide bonds. The highest BCUT2D eigenvalue weighted by molar-refractivity contribution is 7.13. The summed E-state index contributed by atoms with van der Waals surface area (Å²) in [6.45, 7) is 2.17. The number of carboxylic acids is 1. The Morgan fingerprint density at radius 2 is 2.13 bits per heavy atom. The molecular formula is C22H27F2NO4S. The largest absolute Gasteiger partial charge is 0.477 e. The molecule has 1 aliphatic rings. The van der Waals surface area contributed by atoms with Crippen LogP contribution in [0.1, 0.15) is 60.0 Å². The summed E-state index contributed by atoms with van der Waals surface area (Å²) in [4.78, 5) is 25.2. The number of carbonyl (C=O) groups is 2. The van der Waals surface area contributed by atoms with Gasteiger partial charge in [0.1, 0.15) is 4.88 Å². The van der Waals surface area contributed by atoms with E-state index in [1.165, 1.54) is 18.2 Å². The second-order valence-corrected chi connectivity index (χ2v) is 8.41. The van der Waals surface area contributed by atoms with Gasteiger partial charge in [-0.3, -0.25) is 4.79 Å². The molecule has 2 heterocycles. The zero-order chi connectivity index (χ0) is 22.1. The molecule has 2 rings (SSSR count). The first kappa shape index (κ1) is 24.0. The Bertz CT molecular complexity index is 825. The molecule has 164 valence electrons. The minimum atomic E-state index is -3.41. The van der Waals surface area contributed by atoms with Crippen LogP contribution in [0.5, 0.6) is 0 Å². The summed E-state index contributed by atoms with van der Waals surface area (Å²) in [7, 11) is 0. The molecule has 5 nitrogen and oxygen atoms in total. The second-order valence-electron chi connectivity index (χ2n) is 7.24. The summed E-state index contributed by atoms with van der Waals surface area (Å²) in [5.41, 5.74) is 0. The fourth-order valence-electron chi connectivity index (χ4n) is 3.19. The molecule has 0 spiro atoms. The maximum atomic E-state index is 14.0. The minimum Gasteiger partial charge on any atom is -0.477 e. The van der Waals surface area contributed by atoms with Crippen LogP contribution < -0.4 is 0 Å². The standard InChI is InChI=1S/C22H27F2NO4S/c1-2-3-4-5-6-8-17(26)11-10-16-15-22(23,24)21(29)25(16)14-7-9-18-12-13-19(30-18)20(27)28/h10-13,16-17,26H,2-3,6-9,14-15H2,1H3,(H,27,28)/b11-10+/t16-,17-/m0/s1. The zero-order valence-corrected chi connectivity index (χ0v) is 17.8. The van der Waals surface area contributed by atoms with Gasteiger partial charge < -0.3 is 15.1 Å². The Morgan fingerprint density at radius 1 is 1.40 bits per heavy atom. The van der Waals surface area contributed by atoms with E-state index in [9.17, 15) is 23.5 Å². The van der Waals surface area contributed by atoms with Crippen molar-refractivity contribution in [3.8, 4) is 11.8 Å². The molecule has 0 aliphatic carbocycles. The van der Waals surface area contributed by atoms with Crippen LogP contribution in [0.3, 0.4) is 0 Å². The lowest BCUT2D eigenvalue weighted by molar-refractivity contribution is -0.148. The maximum absolute atomic E-state index is 14.0. The highest BCUT2D eigenvalue weighted by atomic mass is 32.1. The van der Waals surface area contributed by atoms with E-state index >= 15 is 0 Å². The van der Waals surface area contributed by atoms with Crippen molar-refractivity contribution in [2.24, 2.45) is 0 Å². The number of alkyl halides is 2. The molecule has 1 saturated heterocycles. The van der Waals surface area contributed by atoms with Crippen molar-refractivity contribution in [3.63, 3.8) is 0 Å². The van der Waals surface area contributed by atoms with Gasteiger partial charge in [-0.05, 0) is 37.8 Å². The van der Waals surface area contributed by atoms with Crippen molar-refractivity contribution in [1.82, 2.24) is 4.90 Å². The Kier molecular flexibility index (Phi) is 9.00. The molecule has 0 saturated carbocycles. The van der Waals surface area contributed by atoms with Gasteiger partial charge >= 0.3 is 11.9 Å². The van der Waals surface area contributed by atoms with E-state index in [1.54, 1.807) is 6.07 Å². The van der Waals surface area contributed by atoms with E-state index in [4.69, 9.17) is 5.11 Å². The lowest BCUT2D eigenvalue weighted by atomic mass is 10.1. The van der Waals surface area contributed by atoms with Crippen LogP contribution in [-0.4, -0.2) is 51.6 Å². The Hall–Kier alpha value is -2.24. The van der Waals surface area contributed by atoms with Gasteiger partial charge in [-0.15, -0.1) is 23.2 Å². The van der Waals surface area contributed by atoms with Crippen molar-refractivity contribution in [3.05, 3.63) is 34.0 Å². The first-order chi connectivity index (χ1) is 14.2. The highest BCUT2D eigenvalue weighted by Crippen LogP contribution is 2.34. The normalized spacial score (nSPS) is 19.1. The van der Waals surface area contributed by atoms with Crippen LogP contribution in [0.2, 0.25) is 0 Å². The number of carbonyl (C=O) groups excluding carboxylic acids is 1. The number of aromatic carboxylic acids is 1. The summed E-state index contributed by atoms with van der Waals surface area (Å²) >= 11 is 1.14. The van der Waals surface area contributed by atoms with E-state index < -0.39 is 36.4 Å². The number of hydrogen-bond acceptors (Lipinski definition) is 4. The molecular weight excluding hydrogens is 412 g/mol. The summed E-state index contributed by atoms with van der Waals surface area (Å²) in [6.07, 6.45) is 5.21. The second kappa shape index (κ2) is 11.2. The predicted octanol–water partition coefficient (Wildman–Crippen LogP) is 4.12. The average molecular weight is 440 g/mol. The number of aryl methyl sites for hydroxylation is 1. The van der Waals surface area contributed by atoms with E-state index in [-0.39, 0.29) is 11.4 Å². The quantitative estimate of drug-likeness (QED) is 0.425. The van der Waals surface area contributed by atoms with Gasteiger partial charge in [-0.2, -0.15) is 8.78 Å². The molecule has 2 N–H and O–H groups in total. The molecule has 1 aromatic rings. The highest BCUT2D eigenvalue weighted by Gasteiger charge is 2.52. The summed E-state index contributed by atoms with van der Waals surface area (Å²) in [5.74, 6) is 0.338. The number of aliphatic hydroxyl groups excluding tert-OH is 1. The van der Waals surface area contributed by atoms with Crippen LogP contribution in [0.4, 0.5) is 8.78 Å². The van der Waals surface area contributed by atoms with Gasteiger partial charge in [0.25, 0.3) is 5.91 Å². The number of halogens is 2. The fourth-order valence-corrected chi connectivity index (χ4v) is 4.07. The number of carboxylic acid groups (broad SMARTS) is 1. The molecule has 30 heavy (non-hydrogen) atoms. The number of aliphatic hydroxyl groups is 1. The molecule has 2 atom stereocenters. The van der Waals surface area contributed by atoms with Crippen molar-refractivity contribution in [1.29, 1.82) is 0 Å². The predicted molar refractivity (Wildman–Crippen MR) is 112 cm³/mol. The summed E-state index contributed by atoms with van der Waals surface area (Å²) in [5, 5.41) is 19.0. The molecule has 0 radical (unpaired) electrons. The van der Waals surface area contributed by atoms with E-state index in [0.717, 1.165) is 34.0 Å². The molecule has 8 heteroatoms. The lowest BCUT2D eigenvalue weighted by Gasteiger charge is -2.21. The summed E-state index contributed by atoms with van der Waals surface area (Å²) < 4.78 is 27.9. The molecule has 1 fully saturated rings. The Labute approximate surface area is 179 Å². The minimum absolute atomic E-state index is 0.141. The first-order valence-corrected chi connectivity index (χ1v) is 10.9. The topological polar surface area (TPSA) is 77.8 Å². The van der Waals surface area contributed by atoms with Crippen molar-refractivity contribution >= 4 is 23.2 Å². The first-order valence-electron chi connectivity index (χ1n) is 10.1. The molecule has 1 aliphatic heterocycles. The van der Waals surface area contributed by atoms with Crippen molar-refractivity contribution in [2.45, 2.75) is 69.9 Å². The maximum Gasteiger partial charge on any atom is 0.345 e. The molecule has 0 bridgehead atoms. The van der Waals surface area contributed by atoms with Crippen molar-refractivity contribution in [2.75, 3.05) is 6.54 Å². The van der Waals surface area contributed by atoms with Gasteiger partial charge in [0.2, 0.25) is 0 Å². The van der Waals surface area contributed by atoms with Gasteiger partial charge in [0.15, 0.2) is 0 Å². The average Bonchev–Trinajstić information content (AvgIpc) is 3.24. The third-order valence-corrected chi connectivity index (χ3v) is 5.89. The fraction of sp³-hybridized carbons (Fsp3) is 0.545. The van der Waals surface area contributed by atoms with Gasteiger partial charge in [0.05, 0.1) is 12.1 Å². The van der Waals surface area contributed by atoms with Crippen LogP contribution >= 0.6 is 11.3 Å². The van der Waals surface area contributed by atoms with Crippen LogP contribution in [0.15, 0.2) is 24.3 Å². The van der Waals surface area contributed by atoms with Crippen LogP contribution in [-0.2, 0) is 11.2 Å². The van der Waals surface area contributed by atoms with E-state index in [1.807, 2.05) is 6.92 Å². The number of amides is 1. The third-order valence-electron chi connectivity index (χ3n) is 4.75. The number of unbranched alkanes of at least 4 members (excludes halogenated alkanes) is 1. The SMILES string of the molecule is CCCC#CCC[C@H](O)/C=C/[C@H]1CC(F)(F)C(=O)N1CCCc1ccc(C(=O)O)s1. The van der Waals surface area contributed by atoms with Gasteiger partial charge in [-0.1, -0.05) is 19.1 Å². The third kappa shape index (κ3) is 6.92. The Balaban J connectivity index is 1.90. The molecule has 1 aromatic heterocycles. The number of thiophene rings is 1. The molecule has 0 aromatic carbocycles. The van der Waals surface area contributed by atoms with Crippen LogP contribution in [0, 0.1) is 11.8 Å². The number of likely N-dealkylation sites (tertiary alicyclic amines) is 1. The monoisotopic (exact) mass is 439 g/mol. The Morgan fingerprint density at radius 3 is 2.80 bits per heavy atom. The smallest absolute Gasteiger partial charge is 0.345 e. The number of nitrogens with zero attached hydrogens (tertiary/aromatic N) is 1. The molecule has 0 unspecified atom stereocenters. The van der Waals surface area contributed by atoms with Gasteiger partial charge in [-0.25, -0.2) is 4.79 Å². The van der Waals surface area contributed by atoms with E-state index in [2.05, 4.69) is 11.8 Å². The van der Waals surface area contributed by atoms with Crippen LogP contribution in [0.25, 0.3) is 0 Å².